The number of amides is 1. The van der Waals surface area contributed by atoms with Gasteiger partial charge in [-0.3, -0.25) is 10.1 Å². The lowest BCUT2D eigenvalue weighted by atomic mass is 10.1. The van der Waals surface area contributed by atoms with E-state index < -0.39 is 0 Å². The van der Waals surface area contributed by atoms with E-state index in [1.54, 1.807) is 19.2 Å². The Labute approximate surface area is 155 Å². The number of methoxy groups -OCH3 is 1. The molecule has 128 valence electrons. The molecule has 0 saturated heterocycles. The van der Waals surface area contributed by atoms with Gasteiger partial charge in [-0.1, -0.05) is 35.9 Å². The van der Waals surface area contributed by atoms with E-state index in [2.05, 4.69) is 10.3 Å². The van der Waals surface area contributed by atoms with Crippen molar-refractivity contribution in [1.29, 1.82) is 0 Å². The van der Waals surface area contributed by atoms with Crippen LogP contribution in [0.5, 0.6) is 0 Å². The van der Waals surface area contributed by atoms with Crippen molar-refractivity contribution in [3.63, 3.8) is 0 Å². The van der Waals surface area contributed by atoms with Crippen molar-refractivity contribution in [2.45, 2.75) is 13.5 Å². The predicted molar refractivity (Wildman–Crippen MR) is 102 cm³/mol. The molecule has 0 saturated carbocycles. The van der Waals surface area contributed by atoms with Crippen molar-refractivity contribution in [3.05, 3.63) is 69.6 Å². The zero-order chi connectivity index (χ0) is 17.8. The van der Waals surface area contributed by atoms with Crippen molar-refractivity contribution < 1.29 is 9.53 Å². The number of anilines is 1. The van der Waals surface area contributed by atoms with Gasteiger partial charge in [-0.25, -0.2) is 4.98 Å². The molecule has 0 aliphatic heterocycles. The van der Waals surface area contributed by atoms with Gasteiger partial charge < -0.3 is 4.74 Å². The zero-order valence-corrected chi connectivity index (χ0v) is 15.4. The minimum absolute atomic E-state index is 0.180. The zero-order valence-electron chi connectivity index (χ0n) is 13.9. The fraction of sp³-hybridized carbons (Fsp3) is 0.158. The number of hydrogen-bond acceptors (Lipinski definition) is 4. The number of rotatable bonds is 5. The molecule has 1 heterocycles. The van der Waals surface area contributed by atoms with E-state index in [9.17, 15) is 4.79 Å². The third kappa shape index (κ3) is 4.25. The van der Waals surface area contributed by atoms with E-state index in [-0.39, 0.29) is 5.91 Å². The molecular weight excluding hydrogens is 356 g/mol. The highest BCUT2D eigenvalue weighted by molar-refractivity contribution is 7.16. The topological polar surface area (TPSA) is 51.2 Å². The Kier molecular flexibility index (Phi) is 5.48. The maximum atomic E-state index is 12.4. The largest absolute Gasteiger partial charge is 0.380 e. The van der Waals surface area contributed by atoms with Crippen molar-refractivity contribution in [2.24, 2.45) is 0 Å². The summed E-state index contributed by atoms with van der Waals surface area (Å²) in [5, 5.41) is 4.12. The Morgan fingerprint density at radius 1 is 1.16 bits per heavy atom. The van der Waals surface area contributed by atoms with Crippen LogP contribution in [0.3, 0.4) is 0 Å². The summed E-state index contributed by atoms with van der Waals surface area (Å²) in [6.45, 7) is 2.51. The van der Waals surface area contributed by atoms with Crippen LogP contribution in [0.4, 0.5) is 5.13 Å². The van der Waals surface area contributed by atoms with Crippen molar-refractivity contribution in [1.82, 2.24) is 4.98 Å². The van der Waals surface area contributed by atoms with Gasteiger partial charge in [0.25, 0.3) is 5.91 Å². The maximum absolute atomic E-state index is 12.4. The molecular formula is C19H17ClN2O2S. The number of thiazole rings is 1. The first-order chi connectivity index (χ1) is 12.1. The summed E-state index contributed by atoms with van der Waals surface area (Å²) in [6, 6.07) is 14.8. The number of benzene rings is 2. The molecule has 3 aromatic rings. The van der Waals surface area contributed by atoms with Crippen molar-refractivity contribution in [2.75, 3.05) is 12.4 Å². The molecule has 3 rings (SSSR count). The van der Waals surface area contributed by atoms with Crippen LogP contribution in [0.2, 0.25) is 5.02 Å². The van der Waals surface area contributed by atoms with Crippen LogP contribution in [-0.2, 0) is 11.3 Å². The second-order valence-corrected chi connectivity index (χ2v) is 7.15. The molecule has 25 heavy (non-hydrogen) atoms. The van der Waals surface area contributed by atoms with Gasteiger partial charge in [-0.2, -0.15) is 0 Å². The van der Waals surface area contributed by atoms with Gasteiger partial charge in [0.1, 0.15) is 0 Å². The van der Waals surface area contributed by atoms with Crippen LogP contribution in [0.15, 0.2) is 48.5 Å². The number of aromatic nitrogens is 1. The third-order valence-electron chi connectivity index (χ3n) is 3.66. The molecule has 0 bridgehead atoms. The van der Waals surface area contributed by atoms with E-state index in [4.69, 9.17) is 16.3 Å². The van der Waals surface area contributed by atoms with Crippen LogP contribution in [0.25, 0.3) is 11.3 Å². The molecule has 6 heteroatoms. The van der Waals surface area contributed by atoms with Crippen LogP contribution in [-0.4, -0.2) is 18.0 Å². The number of aryl methyl sites for hydroxylation is 1. The maximum Gasteiger partial charge on any atom is 0.257 e. The van der Waals surface area contributed by atoms with E-state index in [1.165, 1.54) is 11.3 Å². The Bertz CT molecular complexity index is 873. The fourth-order valence-corrected chi connectivity index (χ4v) is 3.37. The molecule has 0 atom stereocenters. The molecule has 4 nitrogen and oxygen atoms in total. The van der Waals surface area contributed by atoms with Crippen LogP contribution in [0, 0.1) is 6.92 Å². The second kappa shape index (κ2) is 7.78. The molecule has 2 aromatic carbocycles. The Morgan fingerprint density at radius 3 is 2.48 bits per heavy atom. The number of hydrogen-bond donors (Lipinski definition) is 1. The summed E-state index contributed by atoms with van der Waals surface area (Å²) < 4.78 is 5.07. The monoisotopic (exact) mass is 372 g/mol. The molecule has 0 aliphatic rings. The minimum Gasteiger partial charge on any atom is -0.380 e. The van der Waals surface area contributed by atoms with Gasteiger partial charge in [-0.15, -0.1) is 11.3 Å². The highest BCUT2D eigenvalue weighted by Gasteiger charge is 2.13. The van der Waals surface area contributed by atoms with E-state index in [1.807, 2.05) is 43.3 Å². The van der Waals surface area contributed by atoms with Gasteiger partial charge in [0.15, 0.2) is 5.13 Å². The highest BCUT2D eigenvalue weighted by atomic mass is 35.5. The summed E-state index contributed by atoms with van der Waals surface area (Å²) in [6.07, 6.45) is 0. The summed E-state index contributed by atoms with van der Waals surface area (Å²) in [5.41, 5.74) is 3.44. The molecule has 1 aromatic heterocycles. The fourth-order valence-electron chi connectivity index (χ4n) is 2.41. The molecule has 0 unspecified atom stereocenters. The van der Waals surface area contributed by atoms with Gasteiger partial charge in [0.05, 0.1) is 12.3 Å². The molecule has 0 spiro atoms. The summed E-state index contributed by atoms with van der Waals surface area (Å²) in [4.78, 5) is 18.0. The number of nitrogens with one attached hydrogen (secondary N) is 1. The van der Waals surface area contributed by atoms with E-state index in [0.717, 1.165) is 21.7 Å². The molecule has 0 fully saturated rings. The van der Waals surface area contributed by atoms with Crippen LogP contribution >= 0.6 is 22.9 Å². The van der Waals surface area contributed by atoms with Crippen molar-refractivity contribution in [3.8, 4) is 11.3 Å². The first kappa shape index (κ1) is 17.6. The lowest BCUT2D eigenvalue weighted by Crippen LogP contribution is -2.11. The normalized spacial score (nSPS) is 10.7. The summed E-state index contributed by atoms with van der Waals surface area (Å²) in [5.74, 6) is -0.180. The minimum atomic E-state index is -0.180. The first-order valence-electron chi connectivity index (χ1n) is 7.69. The Hall–Kier alpha value is -2.21. The quantitative estimate of drug-likeness (QED) is 0.672. The molecule has 0 radical (unpaired) electrons. The number of halogens is 1. The third-order valence-corrected chi connectivity index (χ3v) is 4.80. The first-order valence-corrected chi connectivity index (χ1v) is 8.89. The van der Waals surface area contributed by atoms with Gasteiger partial charge in [-0.05, 0) is 36.8 Å². The predicted octanol–water partition coefficient (Wildman–Crippen LogP) is 5.17. The Morgan fingerprint density at radius 2 is 1.84 bits per heavy atom. The summed E-state index contributed by atoms with van der Waals surface area (Å²) in [7, 11) is 1.64. The smallest absolute Gasteiger partial charge is 0.257 e. The SMILES string of the molecule is COCc1ccc(C(=O)Nc2nc(-c3ccc(Cl)cc3)c(C)s2)cc1. The second-order valence-electron chi connectivity index (χ2n) is 5.51. The molecule has 0 aliphatic carbocycles. The van der Waals surface area contributed by atoms with E-state index in [0.29, 0.717) is 22.3 Å². The number of ether oxygens (including phenoxy) is 1. The number of nitrogens with zero attached hydrogens (tertiary/aromatic N) is 1. The summed E-state index contributed by atoms with van der Waals surface area (Å²) >= 11 is 7.38. The van der Waals surface area contributed by atoms with Crippen molar-refractivity contribution >= 4 is 34.0 Å². The number of carbonyl (C=O) groups is 1. The molecule has 1 amide bonds. The van der Waals surface area contributed by atoms with Gasteiger partial charge >= 0.3 is 0 Å². The van der Waals surface area contributed by atoms with Crippen LogP contribution < -0.4 is 5.32 Å². The lowest BCUT2D eigenvalue weighted by Gasteiger charge is -2.03. The standard InChI is InChI=1S/C19H17ClN2O2S/c1-12-17(14-7-9-16(20)10-8-14)21-19(25-12)22-18(23)15-5-3-13(4-6-15)11-24-2/h3-10H,11H2,1-2H3,(H,21,22,23). The highest BCUT2D eigenvalue weighted by Crippen LogP contribution is 2.31. The lowest BCUT2D eigenvalue weighted by molar-refractivity contribution is 0.102. The average molecular weight is 373 g/mol. The van der Waals surface area contributed by atoms with E-state index >= 15 is 0 Å². The van der Waals surface area contributed by atoms with Crippen LogP contribution in [0.1, 0.15) is 20.8 Å². The van der Waals surface area contributed by atoms with Gasteiger partial charge in [0, 0.05) is 28.1 Å². The average Bonchev–Trinajstić information content (AvgIpc) is 2.97. The Balaban J connectivity index is 1.75. The number of carbonyl (C=O) groups excluding carboxylic acids is 1. The molecule has 1 N–H and O–H groups in total. The van der Waals surface area contributed by atoms with Gasteiger partial charge in [0.2, 0.25) is 0 Å².